The highest BCUT2D eigenvalue weighted by molar-refractivity contribution is 7.93. The van der Waals surface area contributed by atoms with Crippen molar-refractivity contribution in [1.82, 2.24) is 0 Å². The Morgan fingerprint density at radius 3 is 2.38 bits per heavy atom. The fourth-order valence-electron chi connectivity index (χ4n) is 4.22. The molecule has 200 valence electrons. The Morgan fingerprint density at radius 2 is 1.64 bits per heavy atom. The summed E-state index contributed by atoms with van der Waals surface area (Å²) in [7, 11) is -6.45. The molecule has 4 aromatic rings. The summed E-state index contributed by atoms with van der Waals surface area (Å²) >= 11 is 6.18. The number of anilines is 3. The van der Waals surface area contributed by atoms with E-state index in [0.717, 1.165) is 4.31 Å². The molecule has 0 saturated heterocycles. The van der Waals surface area contributed by atoms with Gasteiger partial charge in [0.15, 0.2) is 0 Å². The number of carbonyl (C=O) groups excluding carboxylic acids is 1. The van der Waals surface area contributed by atoms with Crippen LogP contribution in [0.15, 0.2) is 101 Å². The first-order valence-corrected chi connectivity index (χ1v) is 14.9. The number of fused-ring (bicyclic) bond motifs is 3. The van der Waals surface area contributed by atoms with E-state index in [9.17, 15) is 21.6 Å². The summed E-state index contributed by atoms with van der Waals surface area (Å²) in [6.45, 7) is -0.497. The van der Waals surface area contributed by atoms with Crippen LogP contribution in [0.2, 0.25) is 5.02 Å². The van der Waals surface area contributed by atoms with Crippen LogP contribution in [0, 0.1) is 0 Å². The van der Waals surface area contributed by atoms with Crippen molar-refractivity contribution in [2.45, 2.75) is 9.79 Å². The number of hydrogen-bond acceptors (Lipinski definition) is 6. The van der Waals surface area contributed by atoms with E-state index in [1.165, 1.54) is 37.4 Å². The topological polar surface area (TPSA) is 122 Å². The molecule has 0 unspecified atom stereocenters. The fraction of sp³-hybridized carbons (Fsp3) is 0.0741. The maximum Gasteiger partial charge on any atom is 0.265 e. The minimum Gasteiger partial charge on any atom is -0.497 e. The van der Waals surface area contributed by atoms with Crippen LogP contribution in [0.1, 0.15) is 0 Å². The highest BCUT2D eigenvalue weighted by Crippen LogP contribution is 2.43. The average Bonchev–Trinajstić information content (AvgIpc) is 2.91. The Balaban J connectivity index is 1.34. The highest BCUT2D eigenvalue weighted by Gasteiger charge is 2.36. The van der Waals surface area contributed by atoms with Gasteiger partial charge in [-0.1, -0.05) is 35.9 Å². The van der Waals surface area contributed by atoms with Crippen molar-refractivity contribution in [2.75, 3.05) is 28.0 Å². The predicted octanol–water partition coefficient (Wildman–Crippen LogP) is 4.96. The third kappa shape index (κ3) is 5.29. The number of benzene rings is 4. The molecule has 0 radical (unpaired) electrons. The first-order valence-electron chi connectivity index (χ1n) is 11.6. The largest absolute Gasteiger partial charge is 0.497 e. The van der Waals surface area contributed by atoms with Gasteiger partial charge in [-0.25, -0.2) is 16.8 Å². The molecule has 0 fully saturated rings. The Hall–Kier alpha value is -4.06. The molecule has 0 atom stereocenters. The standard InChI is InChI=1S/C27H22ClN3O6S2/c1-37-21-6-4-5-20(16-21)30-38(33,34)22-12-10-19(11-13-22)29-27(32)17-31-25-14-9-18(28)15-24(25)23-7-2-3-8-26(23)39(31,35)36/h2-16,30H,17H2,1H3,(H,29,32). The summed E-state index contributed by atoms with van der Waals surface area (Å²) in [5.41, 5.74) is 2.06. The molecule has 5 rings (SSSR count). The fourth-order valence-corrected chi connectivity index (χ4v) is 7.09. The lowest BCUT2D eigenvalue weighted by Gasteiger charge is -2.31. The van der Waals surface area contributed by atoms with Crippen LogP contribution < -0.4 is 19.1 Å². The van der Waals surface area contributed by atoms with Crippen LogP contribution in [-0.2, 0) is 24.8 Å². The smallest absolute Gasteiger partial charge is 0.265 e. The SMILES string of the molecule is COc1cccc(NS(=O)(=O)c2ccc(NC(=O)CN3c4ccc(Cl)cc4-c4ccccc4S3(=O)=O)cc2)c1. The van der Waals surface area contributed by atoms with Gasteiger partial charge in [0.25, 0.3) is 20.0 Å². The van der Waals surface area contributed by atoms with Crippen molar-refractivity contribution in [2.24, 2.45) is 0 Å². The third-order valence-electron chi connectivity index (χ3n) is 6.03. The Labute approximate surface area is 231 Å². The quantitative estimate of drug-likeness (QED) is 0.317. The lowest BCUT2D eigenvalue weighted by molar-refractivity contribution is -0.114. The Kier molecular flexibility index (Phi) is 6.98. The number of amides is 1. The second-order valence-electron chi connectivity index (χ2n) is 8.58. The normalized spacial score (nSPS) is 13.6. The number of sulfonamides is 2. The molecule has 1 aliphatic heterocycles. The van der Waals surface area contributed by atoms with Gasteiger partial charge in [0, 0.05) is 27.9 Å². The maximum atomic E-state index is 13.4. The molecule has 0 saturated carbocycles. The monoisotopic (exact) mass is 583 g/mol. The van der Waals surface area contributed by atoms with E-state index in [1.807, 2.05) is 0 Å². The molecule has 4 aromatic carbocycles. The molecule has 9 nitrogen and oxygen atoms in total. The summed E-state index contributed by atoms with van der Waals surface area (Å²) in [5.74, 6) is -0.109. The van der Waals surface area contributed by atoms with E-state index < -0.39 is 32.5 Å². The van der Waals surface area contributed by atoms with Gasteiger partial charge >= 0.3 is 0 Å². The summed E-state index contributed by atoms with van der Waals surface area (Å²) in [4.78, 5) is 13.0. The molecule has 1 amide bonds. The maximum absolute atomic E-state index is 13.4. The number of rotatable bonds is 7. The van der Waals surface area contributed by atoms with Crippen molar-refractivity contribution in [1.29, 1.82) is 0 Å². The minimum atomic E-state index is -4.02. The van der Waals surface area contributed by atoms with Gasteiger partial charge in [0.2, 0.25) is 5.91 Å². The number of hydrogen-bond donors (Lipinski definition) is 2. The number of methoxy groups -OCH3 is 1. The van der Waals surface area contributed by atoms with Crippen molar-refractivity contribution in [3.8, 4) is 16.9 Å². The molecule has 1 aliphatic rings. The minimum absolute atomic E-state index is 0.0238. The van der Waals surface area contributed by atoms with Gasteiger partial charge in [0.05, 0.1) is 28.3 Å². The van der Waals surface area contributed by atoms with Gasteiger partial charge < -0.3 is 10.1 Å². The van der Waals surface area contributed by atoms with Crippen LogP contribution >= 0.6 is 11.6 Å². The predicted molar refractivity (Wildman–Crippen MR) is 150 cm³/mol. The van der Waals surface area contributed by atoms with E-state index in [1.54, 1.807) is 60.7 Å². The van der Waals surface area contributed by atoms with E-state index in [0.29, 0.717) is 39.0 Å². The molecular formula is C27H22ClN3O6S2. The van der Waals surface area contributed by atoms with Gasteiger partial charge in [-0.15, -0.1) is 0 Å². The molecule has 0 aromatic heterocycles. The summed E-state index contributed by atoms with van der Waals surface area (Å²) in [5, 5.41) is 3.07. The van der Waals surface area contributed by atoms with Crippen molar-refractivity contribution < 1.29 is 26.4 Å². The van der Waals surface area contributed by atoms with E-state index >= 15 is 0 Å². The van der Waals surface area contributed by atoms with Crippen LogP contribution in [0.25, 0.3) is 11.1 Å². The van der Waals surface area contributed by atoms with Crippen LogP contribution in [0.3, 0.4) is 0 Å². The van der Waals surface area contributed by atoms with Crippen molar-refractivity contribution in [3.05, 3.63) is 96.0 Å². The molecule has 0 aliphatic carbocycles. The molecule has 2 N–H and O–H groups in total. The number of nitrogens with one attached hydrogen (secondary N) is 2. The Bertz CT molecular complexity index is 1790. The van der Waals surface area contributed by atoms with Gasteiger partial charge in [-0.3, -0.25) is 13.8 Å². The number of ether oxygens (including phenoxy) is 1. The molecule has 1 heterocycles. The second kappa shape index (κ2) is 10.3. The van der Waals surface area contributed by atoms with Crippen LogP contribution in [0.4, 0.5) is 17.1 Å². The Morgan fingerprint density at radius 1 is 0.897 bits per heavy atom. The number of halogens is 1. The van der Waals surface area contributed by atoms with E-state index in [4.69, 9.17) is 16.3 Å². The van der Waals surface area contributed by atoms with Gasteiger partial charge in [-0.05, 0) is 60.7 Å². The van der Waals surface area contributed by atoms with Crippen molar-refractivity contribution >= 4 is 54.6 Å². The lowest BCUT2D eigenvalue weighted by atomic mass is 10.0. The van der Waals surface area contributed by atoms with E-state index in [-0.39, 0.29) is 9.79 Å². The van der Waals surface area contributed by atoms with Crippen molar-refractivity contribution in [3.63, 3.8) is 0 Å². The molecule has 0 bridgehead atoms. The number of carbonyl (C=O) groups is 1. The first-order chi connectivity index (χ1) is 18.6. The first kappa shape index (κ1) is 26.5. The van der Waals surface area contributed by atoms with E-state index in [2.05, 4.69) is 10.0 Å². The van der Waals surface area contributed by atoms with Gasteiger partial charge in [-0.2, -0.15) is 0 Å². The third-order valence-corrected chi connectivity index (χ3v) is 9.48. The molecule has 0 spiro atoms. The molecular weight excluding hydrogens is 562 g/mol. The zero-order valence-electron chi connectivity index (χ0n) is 20.5. The highest BCUT2D eigenvalue weighted by atomic mass is 35.5. The number of nitrogens with zero attached hydrogens (tertiary/aromatic N) is 1. The summed E-state index contributed by atoms with van der Waals surface area (Å²) < 4.78 is 61.0. The van der Waals surface area contributed by atoms with Crippen LogP contribution in [-0.4, -0.2) is 36.4 Å². The molecule has 12 heteroatoms. The molecule has 39 heavy (non-hydrogen) atoms. The van der Waals surface area contributed by atoms with Gasteiger partial charge in [0.1, 0.15) is 12.3 Å². The lowest BCUT2D eigenvalue weighted by Crippen LogP contribution is -2.40. The zero-order valence-corrected chi connectivity index (χ0v) is 22.8. The summed E-state index contributed by atoms with van der Waals surface area (Å²) in [6, 6.07) is 23.3. The summed E-state index contributed by atoms with van der Waals surface area (Å²) in [6.07, 6.45) is 0. The average molecular weight is 584 g/mol. The zero-order chi connectivity index (χ0) is 27.8. The van der Waals surface area contributed by atoms with Crippen LogP contribution in [0.5, 0.6) is 5.75 Å². The second-order valence-corrected chi connectivity index (χ2v) is 12.5.